The second-order valence-electron chi connectivity index (χ2n) is 7.44. The van der Waals surface area contributed by atoms with E-state index in [-0.39, 0.29) is 19.6 Å². The van der Waals surface area contributed by atoms with Crippen LogP contribution in [0.25, 0.3) is 0 Å². The maximum absolute atomic E-state index is 13.0. The molecule has 5 nitrogen and oxygen atoms in total. The van der Waals surface area contributed by atoms with Crippen molar-refractivity contribution in [2.45, 2.75) is 40.2 Å². The van der Waals surface area contributed by atoms with Crippen molar-refractivity contribution in [2.75, 3.05) is 13.2 Å². The summed E-state index contributed by atoms with van der Waals surface area (Å²) < 4.78 is 10.5. The fraction of sp³-hybridized carbons (Fsp3) is 0.417. The third-order valence-electron chi connectivity index (χ3n) is 5.27. The van der Waals surface area contributed by atoms with Crippen molar-refractivity contribution in [2.24, 2.45) is 11.3 Å². The molecule has 0 saturated heterocycles. The third-order valence-corrected chi connectivity index (χ3v) is 5.27. The quantitative estimate of drug-likeness (QED) is 0.550. The third kappa shape index (κ3) is 4.51. The fourth-order valence-electron chi connectivity index (χ4n) is 3.65. The first-order valence-electron chi connectivity index (χ1n) is 9.84. The summed E-state index contributed by atoms with van der Waals surface area (Å²) in [5.74, 6) is -1.96. The molecule has 2 rings (SSSR count). The molecule has 0 fully saturated rings. The number of carbonyl (C=O) groups excluding carboxylic acids is 2. The molecular formula is C24H30O5. The highest BCUT2D eigenvalue weighted by Gasteiger charge is 2.53. The number of hydrogen-bond donors (Lipinski definition) is 1. The molecule has 1 aromatic carbocycles. The predicted molar refractivity (Wildman–Crippen MR) is 112 cm³/mol. The number of carbonyl (C=O) groups is 2. The Morgan fingerprint density at radius 1 is 1.17 bits per heavy atom. The average molecular weight is 398 g/mol. The second-order valence-corrected chi connectivity index (χ2v) is 7.44. The van der Waals surface area contributed by atoms with E-state index in [1.807, 2.05) is 31.2 Å². The van der Waals surface area contributed by atoms with Gasteiger partial charge in [0.2, 0.25) is 0 Å². The summed E-state index contributed by atoms with van der Waals surface area (Å²) in [5, 5.41) is 11.1. The standard InChI is InChI=1S/C24H30O5/c1-7-28-22(26)24(23(27)29-8-2)13-19(15(3)4)17(6)20(14-24)21(25)18-11-9-16(5)10-12-18/h9-13,20-21,25H,3,6-8,14H2,1-2,4-5H3/t20-,21+/m0/s1. The van der Waals surface area contributed by atoms with Crippen molar-refractivity contribution < 1.29 is 24.2 Å². The summed E-state index contributed by atoms with van der Waals surface area (Å²) in [6, 6.07) is 7.48. The van der Waals surface area contributed by atoms with Crippen LogP contribution in [0.4, 0.5) is 0 Å². The highest BCUT2D eigenvalue weighted by atomic mass is 16.6. The molecule has 1 aliphatic carbocycles. The van der Waals surface area contributed by atoms with Crippen LogP contribution in [0.15, 0.2) is 60.2 Å². The molecule has 0 aromatic heterocycles. The summed E-state index contributed by atoms with van der Waals surface area (Å²) in [4.78, 5) is 25.9. The number of ether oxygens (including phenoxy) is 2. The van der Waals surface area contributed by atoms with Crippen LogP contribution < -0.4 is 0 Å². The Kier molecular flexibility index (Phi) is 7.20. The zero-order valence-electron chi connectivity index (χ0n) is 17.7. The van der Waals surface area contributed by atoms with Gasteiger partial charge in [-0.15, -0.1) is 0 Å². The normalized spacial score (nSPS) is 19.1. The van der Waals surface area contributed by atoms with Gasteiger partial charge in [0.15, 0.2) is 5.41 Å². The van der Waals surface area contributed by atoms with E-state index in [0.29, 0.717) is 22.3 Å². The Bertz CT molecular complexity index is 813. The van der Waals surface area contributed by atoms with Crippen LogP contribution in [0.1, 0.15) is 44.4 Å². The molecule has 0 bridgehead atoms. The van der Waals surface area contributed by atoms with Crippen LogP contribution in [0.2, 0.25) is 0 Å². The number of allylic oxidation sites excluding steroid dienone is 2. The molecule has 2 atom stereocenters. The van der Waals surface area contributed by atoms with Crippen molar-refractivity contribution in [3.05, 3.63) is 71.3 Å². The summed E-state index contributed by atoms with van der Waals surface area (Å²) >= 11 is 0. The Hall–Kier alpha value is -2.66. The first-order chi connectivity index (χ1) is 13.7. The molecule has 0 heterocycles. The lowest BCUT2D eigenvalue weighted by atomic mass is 9.66. The summed E-state index contributed by atoms with van der Waals surface area (Å²) in [5.41, 5.74) is 1.96. The lowest BCUT2D eigenvalue weighted by molar-refractivity contribution is -0.170. The zero-order valence-corrected chi connectivity index (χ0v) is 17.7. The van der Waals surface area contributed by atoms with Gasteiger partial charge in [0, 0.05) is 5.92 Å². The zero-order chi connectivity index (χ0) is 21.8. The van der Waals surface area contributed by atoms with Gasteiger partial charge in [0.25, 0.3) is 0 Å². The van der Waals surface area contributed by atoms with Crippen molar-refractivity contribution >= 4 is 11.9 Å². The molecule has 1 N–H and O–H groups in total. The van der Waals surface area contributed by atoms with E-state index < -0.39 is 29.4 Å². The Balaban J connectivity index is 2.60. The van der Waals surface area contributed by atoms with E-state index in [4.69, 9.17) is 9.47 Å². The number of aryl methyl sites for hydroxylation is 1. The molecule has 0 amide bonds. The second kappa shape index (κ2) is 9.23. The van der Waals surface area contributed by atoms with Crippen molar-refractivity contribution in [1.82, 2.24) is 0 Å². The maximum Gasteiger partial charge on any atom is 0.327 e. The number of aliphatic hydroxyl groups is 1. The molecule has 0 saturated carbocycles. The highest BCUT2D eigenvalue weighted by Crippen LogP contribution is 2.48. The van der Waals surface area contributed by atoms with E-state index in [9.17, 15) is 14.7 Å². The first kappa shape index (κ1) is 22.6. The number of benzene rings is 1. The minimum atomic E-state index is -1.65. The van der Waals surface area contributed by atoms with Crippen LogP contribution in [0.5, 0.6) is 0 Å². The molecule has 156 valence electrons. The summed E-state index contributed by atoms with van der Waals surface area (Å²) in [6.07, 6.45) is 0.607. The monoisotopic (exact) mass is 398 g/mol. The first-order valence-corrected chi connectivity index (χ1v) is 9.84. The van der Waals surface area contributed by atoms with Gasteiger partial charge in [0.1, 0.15) is 0 Å². The van der Waals surface area contributed by atoms with Gasteiger partial charge in [-0.2, -0.15) is 0 Å². The van der Waals surface area contributed by atoms with Gasteiger partial charge in [-0.3, -0.25) is 9.59 Å². The Morgan fingerprint density at radius 2 is 1.69 bits per heavy atom. The molecule has 0 aliphatic heterocycles. The molecule has 0 radical (unpaired) electrons. The van der Waals surface area contributed by atoms with Crippen molar-refractivity contribution in [3.8, 4) is 0 Å². The minimum absolute atomic E-state index is 0.00925. The SMILES string of the molecule is C=C(C)C1=CC(C(=O)OCC)(C(=O)OCC)C[C@H]([C@H](O)c2ccc(C)cc2)C1=C. The van der Waals surface area contributed by atoms with Crippen molar-refractivity contribution in [1.29, 1.82) is 0 Å². The molecule has 5 heteroatoms. The maximum atomic E-state index is 13.0. The number of aliphatic hydroxyl groups excluding tert-OH is 1. The van der Waals surface area contributed by atoms with Gasteiger partial charge in [-0.05, 0) is 56.9 Å². The molecule has 0 unspecified atom stereocenters. The highest BCUT2D eigenvalue weighted by molar-refractivity contribution is 6.03. The lowest BCUT2D eigenvalue weighted by Crippen LogP contribution is -2.45. The van der Waals surface area contributed by atoms with E-state index in [1.54, 1.807) is 26.8 Å². The van der Waals surface area contributed by atoms with E-state index >= 15 is 0 Å². The van der Waals surface area contributed by atoms with Crippen LogP contribution in [-0.4, -0.2) is 30.3 Å². The average Bonchev–Trinajstić information content (AvgIpc) is 2.68. The Morgan fingerprint density at radius 3 is 2.14 bits per heavy atom. The largest absolute Gasteiger partial charge is 0.465 e. The van der Waals surface area contributed by atoms with Crippen LogP contribution >= 0.6 is 0 Å². The van der Waals surface area contributed by atoms with E-state index in [1.165, 1.54) is 0 Å². The smallest absolute Gasteiger partial charge is 0.327 e. The van der Waals surface area contributed by atoms with Crippen molar-refractivity contribution in [3.63, 3.8) is 0 Å². The van der Waals surface area contributed by atoms with Crippen LogP contribution in [-0.2, 0) is 19.1 Å². The Labute approximate surface area is 172 Å². The molecule has 0 spiro atoms. The van der Waals surface area contributed by atoms with Crippen LogP contribution in [0.3, 0.4) is 0 Å². The predicted octanol–water partition coefficient (Wildman–Crippen LogP) is 4.22. The van der Waals surface area contributed by atoms with Gasteiger partial charge < -0.3 is 14.6 Å². The number of rotatable bonds is 7. The van der Waals surface area contributed by atoms with E-state index in [2.05, 4.69) is 13.2 Å². The molecule has 1 aromatic rings. The molecule has 29 heavy (non-hydrogen) atoms. The van der Waals surface area contributed by atoms with Gasteiger partial charge in [-0.25, -0.2) is 0 Å². The van der Waals surface area contributed by atoms with E-state index in [0.717, 1.165) is 5.56 Å². The van der Waals surface area contributed by atoms with Gasteiger partial charge in [0.05, 0.1) is 19.3 Å². The van der Waals surface area contributed by atoms with Crippen LogP contribution in [0, 0.1) is 18.3 Å². The number of hydrogen-bond acceptors (Lipinski definition) is 5. The lowest BCUT2D eigenvalue weighted by Gasteiger charge is -2.39. The molecular weight excluding hydrogens is 368 g/mol. The summed E-state index contributed by atoms with van der Waals surface area (Å²) in [7, 11) is 0. The molecule has 1 aliphatic rings. The van der Waals surface area contributed by atoms with Gasteiger partial charge in [-0.1, -0.05) is 48.6 Å². The number of esters is 2. The topological polar surface area (TPSA) is 72.8 Å². The van der Waals surface area contributed by atoms with Gasteiger partial charge >= 0.3 is 11.9 Å². The minimum Gasteiger partial charge on any atom is -0.465 e. The fourth-order valence-corrected chi connectivity index (χ4v) is 3.65. The summed E-state index contributed by atoms with van der Waals surface area (Å²) in [6.45, 7) is 15.5.